The van der Waals surface area contributed by atoms with E-state index in [9.17, 15) is 15.3 Å². The number of nitrogen functional groups attached to an aromatic ring is 1. The number of hydrogen-bond donors (Lipinski definition) is 9. The van der Waals surface area contributed by atoms with Crippen LogP contribution < -0.4 is 95.4 Å². The molecule has 1 unspecified atom stereocenters. The predicted molar refractivity (Wildman–Crippen MR) is 355 cm³/mol. The van der Waals surface area contributed by atoms with Gasteiger partial charge in [0.05, 0.1) is 102 Å². The Morgan fingerprint density at radius 3 is 1.36 bits per heavy atom. The number of rotatable bonds is 32. The summed E-state index contributed by atoms with van der Waals surface area (Å²) >= 11 is 6.13. The SMILES string of the molecule is CCCC[C@@H](Nc1nc(N)nc2cc(OCC)cnc12)C(C)O.CCCC[C@H](CO)Nc1nc(NCc2ccc(OC)cc2OC)nc2cc(Cl)cnc12.CCCC[C@H](CO)Nc1nc(NCc2ccc(OC)cc2OC)nc2cc(OCC)cnc12.CC[O-].[Na+]. The van der Waals surface area contributed by atoms with E-state index in [1.165, 1.54) is 0 Å². The summed E-state index contributed by atoms with van der Waals surface area (Å²) in [5, 5.41) is 55.4. The maximum atomic E-state index is 9.98. The number of nitrogens with zero attached hydrogens (tertiary/aromatic N) is 9. The molecule has 8 rings (SSSR count). The molecular weight excluding hydrogens is 1200 g/mol. The standard InChI is InChI=1S/C24H33N5O4.C22H28ClN5O3.C16H25N5O2.C2H5O.Na/c1-5-7-8-17(15-30)27-23-22-20(11-19(14-25-22)33-6-2)28-24(29-23)26-13-16-9-10-18(31-3)12-21(16)32-4;1-4-5-6-16(13-29)26-21-20-18(9-15(23)12-24-20)27-22(28-21)25-11-14-7-8-17(30-2)10-19(14)31-3;1-4-6-7-12(10(3)22)19-15-14-13(20-16(17)21-15)8-11(9-18-14)23-5-2;1-2-3;/h9-12,14,17,30H,5-8,13,15H2,1-4H3,(H2,26,27,28,29);7-10,12,16,29H,4-6,11,13H2,1-3H3,(H2,25,26,27,28);8-10,12,22H,4-7H2,1-3H3,(H3,17,19,20,21);2H2,1H3;/q;;;-1;+1/t17-;16-;10?,12-;;/m111../s1. The number of nitrogens with one attached hydrogen (secondary N) is 5. The Labute approximate surface area is 561 Å². The van der Waals surface area contributed by atoms with Gasteiger partial charge in [0.25, 0.3) is 0 Å². The van der Waals surface area contributed by atoms with Crippen LogP contribution in [0.15, 0.2) is 73.2 Å². The molecule has 25 nitrogen and oxygen atoms in total. The molecule has 0 radical (unpaired) electrons. The van der Waals surface area contributed by atoms with E-state index in [0.717, 1.165) is 80.4 Å². The number of halogens is 1. The van der Waals surface area contributed by atoms with Crippen LogP contribution in [-0.2, 0) is 13.1 Å². The van der Waals surface area contributed by atoms with Crippen molar-refractivity contribution in [1.29, 1.82) is 0 Å². The first-order chi connectivity index (χ1) is 43.6. The summed E-state index contributed by atoms with van der Waals surface area (Å²) < 4.78 is 32.5. The van der Waals surface area contributed by atoms with Crippen LogP contribution in [0.5, 0.6) is 34.5 Å². The van der Waals surface area contributed by atoms with Gasteiger partial charge < -0.3 is 81.2 Å². The number of anilines is 6. The van der Waals surface area contributed by atoms with Crippen LogP contribution in [0.2, 0.25) is 5.02 Å². The van der Waals surface area contributed by atoms with Crippen LogP contribution in [0.1, 0.15) is 117 Å². The average Bonchev–Trinajstić information content (AvgIpc) is 2.58. The number of methoxy groups -OCH3 is 4. The summed E-state index contributed by atoms with van der Waals surface area (Å²) in [4.78, 5) is 40.2. The van der Waals surface area contributed by atoms with Crippen LogP contribution in [0.4, 0.5) is 35.3 Å². The number of benzene rings is 2. The zero-order valence-corrected chi connectivity index (χ0v) is 57.5. The Hall–Kier alpha value is -7.36. The van der Waals surface area contributed by atoms with Crippen LogP contribution in [0.3, 0.4) is 0 Å². The summed E-state index contributed by atoms with van der Waals surface area (Å²) in [6, 6.07) is 16.3. The number of fused-ring (bicyclic) bond motifs is 3. The third-order valence-corrected chi connectivity index (χ3v) is 13.9. The second kappa shape index (κ2) is 41.2. The summed E-state index contributed by atoms with van der Waals surface area (Å²) in [5.74, 6) is 6.82. The monoisotopic (exact) mass is 1290 g/mol. The van der Waals surface area contributed by atoms with Crippen molar-refractivity contribution in [3.05, 3.63) is 89.3 Å². The summed E-state index contributed by atoms with van der Waals surface area (Å²) in [6.45, 7) is 15.5. The fourth-order valence-corrected chi connectivity index (χ4v) is 9.20. The maximum absolute atomic E-state index is 9.98. The summed E-state index contributed by atoms with van der Waals surface area (Å²) in [6.07, 6.45) is 13.1. The molecule has 6 aromatic heterocycles. The van der Waals surface area contributed by atoms with Gasteiger partial charge in [0.2, 0.25) is 17.8 Å². The Morgan fingerprint density at radius 1 is 0.538 bits per heavy atom. The molecule has 4 atom stereocenters. The van der Waals surface area contributed by atoms with Gasteiger partial charge in [0, 0.05) is 54.7 Å². The predicted octanol–water partition coefficient (Wildman–Crippen LogP) is 7.01. The molecule has 0 aliphatic carbocycles. The van der Waals surface area contributed by atoms with Crippen LogP contribution in [0, 0.1) is 0 Å². The van der Waals surface area contributed by atoms with Gasteiger partial charge in [0.15, 0.2) is 17.5 Å². The molecule has 2 aromatic carbocycles. The molecule has 6 heterocycles. The first kappa shape index (κ1) is 76.1. The Bertz CT molecular complexity index is 3440. The van der Waals surface area contributed by atoms with Gasteiger partial charge >= 0.3 is 29.6 Å². The molecule has 0 aliphatic heterocycles. The van der Waals surface area contributed by atoms with E-state index in [1.54, 1.807) is 73.0 Å². The van der Waals surface area contributed by atoms with E-state index in [4.69, 9.17) is 50.9 Å². The molecule has 91 heavy (non-hydrogen) atoms. The molecule has 0 saturated heterocycles. The number of ether oxygens (including phenoxy) is 6. The topological polar surface area (TPSA) is 341 Å². The number of aromatic nitrogens is 9. The van der Waals surface area contributed by atoms with Crippen molar-refractivity contribution < 1.29 is 78.4 Å². The maximum Gasteiger partial charge on any atom is 1.00 e. The number of hydrogen-bond acceptors (Lipinski definition) is 25. The van der Waals surface area contributed by atoms with Crippen LogP contribution in [-0.4, -0.2) is 146 Å². The quantitative estimate of drug-likeness (QED) is 0.0191. The molecule has 0 saturated carbocycles. The van der Waals surface area contributed by atoms with Gasteiger partial charge in [-0.2, -0.15) is 15.0 Å². The number of unbranched alkanes of at least 4 members (excludes halogenated alkanes) is 3. The third-order valence-electron chi connectivity index (χ3n) is 13.7. The second-order valence-electron chi connectivity index (χ2n) is 20.5. The molecular formula is C64H91ClN15NaO10. The number of nitrogens with two attached hydrogens (primary N) is 1. The smallest absolute Gasteiger partial charge is 0.855 e. The molecule has 490 valence electrons. The fraction of sp³-hybridized carbons (Fsp3) is 0.484. The van der Waals surface area contributed by atoms with Gasteiger partial charge in [-0.3, -0.25) is 0 Å². The van der Waals surface area contributed by atoms with E-state index < -0.39 is 6.10 Å². The van der Waals surface area contributed by atoms with Crippen LogP contribution in [0.25, 0.3) is 33.1 Å². The van der Waals surface area contributed by atoms with E-state index >= 15 is 0 Å². The second-order valence-corrected chi connectivity index (χ2v) is 20.9. The van der Waals surface area contributed by atoms with Crippen molar-refractivity contribution in [3.8, 4) is 34.5 Å². The van der Waals surface area contributed by atoms with Crippen molar-refractivity contribution in [1.82, 2.24) is 44.9 Å². The fourth-order valence-electron chi connectivity index (χ4n) is 9.05. The van der Waals surface area contributed by atoms with Crippen LogP contribution >= 0.6 is 11.6 Å². The van der Waals surface area contributed by atoms with E-state index in [1.807, 2.05) is 56.3 Å². The van der Waals surface area contributed by atoms with E-state index in [2.05, 4.69) is 92.2 Å². The summed E-state index contributed by atoms with van der Waals surface area (Å²) in [7, 11) is 6.48. The first-order valence-electron chi connectivity index (χ1n) is 30.5. The van der Waals surface area contributed by atoms with E-state index in [0.29, 0.717) is 117 Å². The zero-order chi connectivity index (χ0) is 65.4. The number of aliphatic hydroxyl groups excluding tert-OH is 3. The van der Waals surface area contributed by atoms with Gasteiger partial charge in [-0.1, -0.05) is 77.8 Å². The molecule has 0 spiro atoms. The van der Waals surface area contributed by atoms with Gasteiger partial charge in [-0.05, 0) is 70.4 Å². The average molecular weight is 1290 g/mol. The third kappa shape index (κ3) is 24.0. The van der Waals surface area contributed by atoms with Crippen molar-refractivity contribution >= 4 is 80.0 Å². The van der Waals surface area contributed by atoms with Gasteiger partial charge in [0.1, 0.15) is 62.1 Å². The molecule has 0 aliphatic rings. The normalized spacial score (nSPS) is 12.0. The number of aliphatic hydroxyl groups is 3. The molecule has 8 aromatic rings. The Kier molecular flexibility index (Phi) is 34.4. The molecule has 27 heteroatoms. The minimum absolute atomic E-state index is 0. The molecule has 0 bridgehead atoms. The minimum atomic E-state index is -0.504. The van der Waals surface area contributed by atoms with Crippen molar-refractivity contribution in [3.63, 3.8) is 0 Å². The summed E-state index contributed by atoms with van der Waals surface area (Å²) in [5.41, 5.74) is 11.4. The zero-order valence-electron chi connectivity index (χ0n) is 54.7. The van der Waals surface area contributed by atoms with Crippen molar-refractivity contribution in [2.75, 3.05) is 93.8 Å². The minimum Gasteiger partial charge on any atom is -0.855 e. The number of pyridine rings is 3. The molecule has 0 amide bonds. The molecule has 0 fully saturated rings. The van der Waals surface area contributed by atoms with Gasteiger partial charge in [-0.15, -0.1) is 6.61 Å². The van der Waals surface area contributed by atoms with Gasteiger partial charge in [-0.25, -0.2) is 29.9 Å². The Balaban J connectivity index is 0.000000287. The van der Waals surface area contributed by atoms with Crippen molar-refractivity contribution in [2.45, 2.75) is 144 Å². The largest absolute Gasteiger partial charge is 1.00 e. The van der Waals surface area contributed by atoms with Crippen molar-refractivity contribution in [2.24, 2.45) is 0 Å². The first-order valence-corrected chi connectivity index (χ1v) is 30.9. The van der Waals surface area contributed by atoms with E-state index in [-0.39, 0.29) is 73.5 Å². The molecule has 10 N–H and O–H groups in total. The Morgan fingerprint density at radius 2 is 0.956 bits per heavy atom.